The number of ether oxygens (including phenoxy) is 1. The minimum atomic E-state index is -0.474. The lowest BCUT2D eigenvalue weighted by Gasteiger charge is -2.26. The van der Waals surface area contributed by atoms with Gasteiger partial charge in [-0.25, -0.2) is 5.48 Å². The lowest BCUT2D eigenvalue weighted by molar-refractivity contribution is -0.132. The number of methoxy groups -OCH3 is 1. The number of aryl methyl sites for hydroxylation is 1. The van der Waals surface area contributed by atoms with Gasteiger partial charge in [0, 0.05) is 36.5 Å². The Morgan fingerprint density at radius 3 is 2.60 bits per heavy atom. The molecule has 0 radical (unpaired) electrons. The van der Waals surface area contributed by atoms with Crippen LogP contribution in [0.1, 0.15) is 42.9 Å². The number of carbonyl (C=O) groups is 1. The van der Waals surface area contributed by atoms with Crippen molar-refractivity contribution >= 4 is 17.5 Å². The van der Waals surface area contributed by atoms with Crippen molar-refractivity contribution in [3.05, 3.63) is 52.8 Å². The molecule has 0 fully saturated rings. The highest BCUT2D eigenvalue weighted by atomic mass is 35.5. The van der Waals surface area contributed by atoms with Crippen LogP contribution in [0.15, 0.2) is 36.5 Å². The number of aromatic nitrogens is 2. The fourth-order valence-electron chi connectivity index (χ4n) is 3.63. The highest BCUT2D eigenvalue weighted by molar-refractivity contribution is 6.30. The number of hydrogen-bond acceptors (Lipinski definition) is 5. The summed E-state index contributed by atoms with van der Waals surface area (Å²) in [7, 11) is 5.76. The van der Waals surface area contributed by atoms with Crippen molar-refractivity contribution in [2.45, 2.75) is 50.7 Å². The summed E-state index contributed by atoms with van der Waals surface area (Å²) >= 11 is 6.03. The maximum atomic E-state index is 11.9. The third-order valence-electron chi connectivity index (χ3n) is 5.24. The lowest BCUT2D eigenvalue weighted by atomic mass is 9.89. The molecule has 2 atom stereocenters. The molecule has 166 valence electrons. The number of carbonyl (C=O) groups excluding carboxylic acids is 1. The molecule has 30 heavy (non-hydrogen) atoms. The van der Waals surface area contributed by atoms with Gasteiger partial charge in [-0.3, -0.25) is 14.7 Å². The molecule has 0 saturated heterocycles. The molecule has 0 aliphatic heterocycles. The topological polar surface area (TPSA) is 79.6 Å². The summed E-state index contributed by atoms with van der Waals surface area (Å²) in [6.45, 7) is 1.89. The van der Waals surface area contributed by atoms with Crippen molar-refractivity contribution in [2.75, 3.05) is 27.7 Å². The van der Waals surface area contributed by atoms with Crippen molar-refractivity contribution in [1.82, 2.24) is 20.2 Å². The Labute approximate surface area is 183 Å². The van der Waals surface area contributed by atoms with Gasteiger partial charge in [0.05, 0.1) is 12.5 Å². The number of hydrogen-bond donors (Lipinski definition) is 2. The average molecular weight is 437 g/mol. The van der Waals surface area contributed by atoms with Crippen LogP contribution in [0.2, 0.25) is 5.02 Å². The molecule has 1 heterocycles. The molecule has 0 aliphatic rings. The highest BCUT2D eigenvalue weighted by Gasteiger charge is 2.28. The van der Waals surface area contributed by atoms with Crippen LogP contribution in [0.25, 0.3) is 0 Å². The normalized spacial score (nSPS) is 13.4. The summed E-state index contributed by atoms with van der Waals surface area (Å²) in [4.78, 5) is 14.0. The largest absolute Gasteiger partial charge is 0.380 e. The Balaban J connectivity index is 2.18. The van der Waals surface area contributed by atoms with Crippen LogP contribution in [-0.4, -0.2) is 59.6 Å². The van der Waals surface area contributed by atoms with Gasteiger partial charge < -0.3 is 9.64 Å². The van der Waals surface area contributed by atoms with Crippen molar-refractivity contribution in [2.24, 2.45) is 0 Å². The summed E-state index contributed by atoms with van der Waals surface area (Å²) in [5.41, 5.74) is 3.83. The molecule has 7 nitrogen and oxygen atoms in total. The second kappa shape index (κ2) is 12.7. The Bertz CT molecular complexity index is 764. The van der Waals surface area contributed by atoms with Crippen molar-refractivity contribution in [3.63, 3.8) is 0 Å². The van der Waals surface area contributed by atoms with Crippen molar-refractivity contribution in [1.29, 1.82) is 0 Å². The third kappa shape index (κ3) is 7.72. The van der Waals surface area contributed by atoms with E-state index in [1.54, 1.807) is 18.8 Å². The molecule has 1 amide bonds. The van der Waals surface area contributed by atoms with Crippen LogP contribution in [0.5, 0.6) is 0 Å². The van der Waals surface area contributed by atoms with Crippen molar-refractivity contribution in [3.8, 4) is 0 Å². The summed E-state index contributed by atoms with van der Waals surface area (Å²) in [5.74, 6) is -0.574. The van der Waals surface area contributed by atoms with Crippen LogP contribution in [0, 0.1) is 0 Å². The van der Waals surface area contributed by atoms with E-state index in [2.05, 4.69) is 24.1 Å². The number of nitrogens with zero attached hydrogens (tertiary/aromatic N) is 3. The molecule has 0 bridgehead atoms. The second-order valence-electron chi connectivity index (χ2n) is 7.79. The monoisotopic (exact) mass is 436 g/mol. The molecule has 1 aromatic carbocycles. The molecule has 2 aromatic rings. The number of nitrogens with one attached hydrogen (secondary N) is 1. The van der Waals surface area contributed by atoms with E-state index in [0.29, 0.717) is 11.4 Å². The van der Waals surface area contributed by atoms with Crippen LogP contribution in [-0.2, 0) is 22.5 Å². The van der Waals surface area contributed by atoms with E-state index in [4.69, 9.17) is 21.5 Å². The molecule has 0 unspecified atom stereocenters. The first-order chi connectivity index (χ1) is 14.4. The van der Waals surface area contributed by atoms with E-state index in [1.807, 2.05) is 35.0 Å². The quantitative estimate of drug-likeness (QED) is 0.285. The molecule has 0 saturated carbocycles. The molecule has 0 spiro atoms. The van der Waals surface area contributed by atoms with Crippen LogP contribution >= 0.6 is 11.6 Å². The smallest absolute Gasteiger partial charge is 0.245 e. The fraction of sp³-hybridized carbons (Fsp3) is 0.545. The first kappa shape index (κ1) is 24.3. The van der Waals surface area contributed by atoms with Gasteiger partial charge in [0.25, 0.3) is 0 Å². The number of benzene rings is 1. The van der Waals surface area contributed by atoms with Gasteiger partial charge in [-0.15, -0.1) is 0 Å². The van der Waals surface area contributed by atoms with E-state index in [9.17, 15) is 4.79 Å². The van der Waals surface area contributed by atoms with Gasteiger partial charge in [0.15, 0.2) is 0 Å². The third-order valence-corrected chi connectivity index (χ3v) is 5.49. The van der Waals surface area contributed by atoms with Crippen LogP contribution < -0.4 is 5.48 Å². The standard InChI is InChI=1S/C22H33ClN4O3/c1-26(2)13-5-4-6-14-27-20(11-12-24-27)19(21(30-3)16-22(28)25-29)15-17-7-9-18(23)10-8-17/h7-12,19,21,29H,4-6,13-16H2,1-3H3,(H,25,28)/t19-,21-/m1/s1. The Kier molecular flexibility index (Phi) is 10.3. The summed E-state index contributed by atoms with van der Waals surface area (Å²) < 4.78 is 7.70. The predicted molar refractivity (Wildman–Crippen MR) is 118 cm³/mol. The highest BCUT2D eigenvalue weighted by Crippen LogP contribution is 2.29. The number of halogens is 1. The molecule has 1 aromatic heterocycles. The SMILES string of the molecule is CO[C@H](CC(=O)NO)[C@H](Cc1ccc(Cl)cc1)c1ccnn1CCCCCN(C)C. The van der Waals surface area contributed by atoms with Gasteiger partial charge in [-0.2, -0.15) is 5.10 Å². The van der Waals surface area contributed by atoms with Crippen LogP contribution in [0.3, 0.4) is 0 Å². The molecule has 0 aliphatic carbocycles. The van der Waals surface area contributed by atoms with E-state index in [1.165, 1.54) is 0 Å². The maximum absolute atomic E-state index is 11.9. The minimum absolute atomic E-state index is 0.0548. The zero-order chi connectivity index (χ0) is 21.9. The Morgan fingerprint density at radius 1 is 1.23 bits per heavy atom. The molecular formula is C22H33ClN4O3. The van der Waals surface area contributed by atoms with Crippen LogP contribution in [0.4, 0.5) is 0 Å². The minimum Gasteiger partial charge on any atom is -0.380 e. The Morgan fingerprint density at radius 2 is 1.97 bits per heavy atom. The molecular weight excluding hydrogens is 404 g/mol. The van der Waals surface area contributed by atoms with E-state index in [-0.39, 0.29) is 12.3 Å². The Hall–Kier alpha value is -1.93. The summed E-state index contributed by atoms with van der Waals surface area (Å²) in [6, 6.07) is 9.67. The van der Waals surface area contributed by atoms with Gasteiger partial charge in [0.2, 0.25) is 5.91 Å². The van der Waals surface area contributed by atoms with Gasteiger partial charge in [-0.1, -0.05) is 30.2 Å². The molecule has 2 N–H and O–H groups in total. The van der Waals surface area contributed by atoms with E-state index in [0.717, 1.165) is 43.6 Å². The van der Waals surface area contributed by atoms with E-state index >= 15 is 0 Å². The molecule has 8 heteroatoms. The van der Waals surface area contributed by atoms with E-state index < -0.39 is 12.0 Å². The van der Waals surface area contributed by atoms with Gasteiger partial charge >= 0.3 is 0 Å². The van der Waals surface area contributed by atoms with Crippen molar-refractivity contribution < 1.29 is 14.7 Å². The number of hydroxylamine groups is 1. The first-order valence-corrected chi connectivity index (χ1v) is 10.7. The zero-order valence-electron chi connectivity index (χ0n) is 18.1. The number of amides is 1. The van der Waals surface area contributed by atoms with Gasteiger partial charge in [-0.05, 0) is 63.7 Å². The lowest BCUT2D eigenvalue weighted by Crippen LogP contribution is -2.32. The average Bonchev–Trinajstić information content (AvgIpc) is 3.19. The first-order valence-electron chi connectivity index (χ1n) is 10.3. The maximum Gasteiger partial charge on any atom is 0.245 e. The van der Waals surface area contributed by atoms with Gasteiger partial charge in [0.1, 0.15) is 0 Å². The number of rotatable bonds is 13. The summed E-state index contributed by atoms with van der Waals surface area (Å²) in [5, 5.41) is 14.2. The molecule has 2 rings (SSSR count). The predicted octanol–water partition coefficient (Wildman–Crippen LogP) is 3.51. The summed E-state index contributed by atoms with van der Waals surface area (Å²) in [6.07, 6.45) is 5.42. The number of unbranched alkanes of at least 4 members (excludes halogenated alkanes) is 2. The second-order valence-corrected chi connectivity index (χ2v) is 8.23. The zero-order valence-corrected chi connectivity index (χ0v) is 18.8. The fourth-order valence-corrected chi connectivity index (χ4v) is 3.76.